The number of rotatable bonds is 4. The molecule has 1 heterocycles. The highest BCUT2D eigenvalue weighted by atomic mass is 35.5. The first-order valence-electron chi connectivity index (χ1n) is 5.03. The fourth-order valence-electron chi connectivity index (χ4n) is 1.46. The van der Waals surface area contributed by atoms with Crippen molar-refractivity contribution < 1.29 is 15.0 Å². The van der Waals surface area contributed by atoms with Gasteiger partial charge in [0.1, 0.15) is 11.0 Å². The van der Waals surface area contributed by atoms with Gasteiger partial charge in [0, 0.05) is 13.6 Å². The molecule has 17 heavy (non-hydrogen) atoms. The fraction of sp³-hybridized carbons (Fsp3) is 0.455. The van der Waals surface area contributed by atoms with E-state index in [1.165, 1.54) is 12.1 Å². The summed E-state index contributed by atoms with van der Waals surface area (Å²) in [6.07, 6.45) is 0. The highest BCUT2D eigenvalue weighted by molar-refractivity contribution is 6.29. The number of carbonyl (C=O) groups is 1. The summed E-state index contributed by atoms with van der Waals surface area (Å²) in [5, 5.41) is 18.7. The number of hydrogen-bond donors (Lipinski definition) is 2. The second-order valence-electron chi connectivity index (χ2n) is 4.51. The molecule has 2 N–H and O–H groups in total. The minimum absolute atomic E-state index is 0.0718. The molecule has 0 amide bonds. The van der Waals surface area contributed by atoms with Gasteiger partial charge in [-0.1, -0.05) is 11.6 Å². The third-order valence-corrected chi connectivity index (χ3v) is 2.24. The van der Waals surface area contributed by atoms with Crippen LogP contribution in [0.5, 0.6) is 0 Å². The van der Waals surface area contributed by atoms with Crippen LogP contribution in [-0.4, -0.2) is 40.4 Å². The van der Waals surface area contributed by atoms with Gasteiger partial charge in [0.2, 0.25) is 0 Å². The maximum Gasteiger partial charge on any atom is 0.335 e. The third-order valence-electron chi connectivity index (χ3n) is 2.04. The van der Waals surface area contributed by atoms with Crippen LogP contribution in [0.15, 0.2) is 12.1 Å². The molecule has 0 aromatic carbocycles. The van der Waals surface area contributed by atoms with Crippen molar-refractivity contribution in [2.75, 3.05) is 18.5 Å². The van der Waals surface area contributed by atoms with Gasteiger partial charge < -0.3 is 15.1 Å². The maximum absolute atomic E-state index is 10.9. The predicted octanol–water partition coefficient (Wildman–Crippen LogP) is 1.64. The van der Waals surface area contributed by atoms with Crippen molar-refractivity contribution in [1.82, 2.24) is 4.98 Å². The van der Waals surface area contributed by atoms with Gasteiger partial charge in [-0.15, -0.1) is 0 Å². The fourth-order valence-corrected chi connectivity index (χ4v) is 1.67. The van der Waals surface area contributed by atoms with E-state index in [1.54, 1.807) is 25.8 Å². The van der Waals surface area contributed by atoms with Crippen LogP contribution < -0.4 is 4.90 Å². The first-order valence-corrected chi connectivity index (χ1v) is 5.41. The third kappa shape index (κ3) is 4.20. The summed E-state index contributed by atoms with van der Waals surface area (Å²) in [6.45, 7) is 3.64. The van der Waals surface area contributed by atoms with E-state index in [4.69, 9.17) is 16.7 Å². The largest absolute Gasteiger partial charge is 0.478 e. The summed E-state index contributed by atoms with van der Waals surface area (Å²) in [6, 6.07) is 2.70. The minimum atomic E-state index is -1.06. The van der Waals surface area contributed by atoms with Crippen LogP contribution in [0.25, 0.3) is 0 Å². The van der Waals surface area contributed by atoms with E-state index in [0.29, 0.717) is 12.4 Å². The Morgan fingerprint density at radius 1 is 1.53 bits per heavy atom. The smallest absolute Gasteiger partial charge is 0.335 e. The number of anilines is 1. The number of carboxylic acids is 1. The summed E-state index contributed by atoms with van der Waals surface area (Å²) in [7, 11) is 1.71. The molecule has 1 rings (SSSR count). The van der Waals surface area contributed by atoms with E-state index in [1.807, 2.05) is 0 Å². The monoisotopic (exact) mass is 258 g/mol. The van der Waals surface area contributed by atoms with Gasteiger partial charge >= 0.3 is 5.97 Å². The van der Waals surface area contributed by atoms with Crippen LogP contribution in [0.2, 0.25) is 5.15 Å². The topological polar surface area (TPSA) is 73.7 Å². The molecule has 0 aliphatic carbocycles. The van der Waals surface area contributed by atoms with Gasteiger partial charge in [0.05, 0.1) is 11.2 Å². The van der Waals surface area contributed by atoms with Crippen LogP contribution >= 0.6 is 11.6 Å². The van der Waals surface area contributed by atoms with Crippen LogP contribution in [-0.2, 0) is 0 Å². The summed E-state index contributed by atoms with van der Waals surface area (Å²) in [5.41, 5.74) is -0.829. The Labute approximate surface area is 105 Å². The predicted molar refractivity (Wildman–Crippen MR) is 65.8 cm³/mol. The number of aromatic carboxylic acids is 1. The Hall–Kier alpha value is -1.33. The van der Waals surface area contributed by atoms with E-state index in [9.17, 15) is 9.90 Å². The lowest BCUT2D eigenvalue weighted by molar-refractivity contribution is 0.0696. The Morgan fingerprint density at radius 2 is 2.12 bits per heavy atom. The van der Waals surface area contributed by atoms with Gasteiger partial charge in [-0.05, 0) is 26.0 Å². The van der Waals surface area contributed by atoms with E-state index < -0.39 is 11.6 Å². The summed E-state index contributed by atoms with van der Waals surface area (Å²) in [5.74, 6) is -0.649. The number of pyridine rings is 1. The molecule has 0 unspecified atom stereocenters. The lowest BCUT2D eigenvalue weighted by atomic mass is 10.1. The van der Waals surface area contributed by atoms with E-state index in [-0.39, 0.29) is 10.7 Å². The molecule has 1 aromatic heterocycles. The molecular weight excluding hydrogens is 244 g/mol. The Bertz CT molecular complexity index is 429. The van der Waals surface area contributed by atoms with E-state index in [0.717, 1.165) is 0 Å². The molecule has 0 fully saturated rings. The lowest BCUT2D eigenvalue weighted by Gasteiger charge is -2.26. The number of carboxylic acid groups (broad SMARTS) is 1. The van der Waals surface area contributed by atoms with Crippen molar-refractivity contribution in [3.8, 4) is 0 Å². The number of nitrogens with zero attached hydrogens (tertiary/aromatic N) is 2. The molecule has 0 spiro atoms. The molecule has 6 heteroatoms. The Kier molecular flexibility index (Phi) is 3.95. The molecule has 0 saturated carbocycles. The average molecular weight is 259 g/mol. The van der Waals surface area contributed by atoms with Crippen molar-refractivity contribution in [1.29, 1.82) is 0 Å². The number of likely N-dealkylation sites (N-methyl/N-ethyl adjacent to an activating group) is 1. The number of aromatic nitrogens is 1. The van der Waals surface area contributed by atoms with Gasteiger partial charge in [-0.2, -0.15) is 0 Å². The van der Waals surface area contributed by atoms with Crippen LogP contribution in [0, 0.1) is 0 Å². The summed E-state index contributed by atoms with van der Waals surface area (Å²) < 4.78 is 0. The standard InChI is InChI=1S/C11H15ClN2O3/c1-11(2,17)6-14(3)9-5-7(10(15)16)4-8(12)13-9/h4-5,17H,6H2,1-3H3,(H,15,16). The molecule has 94 valence electrons. The van der Waals surface area contributed by atoms with E-state index in [2.05, 4.69) is 4.98 Å². The van der Waals surface area contributed by atoms with Crippen molar-refractivity contribution in [2.24, 2.45) is 0 Å². The highest BCUT2D eigenvalue weighted by Gasteiger charge is 2.18. The Morgan fingerprint density at radius 3 is 2.59 bits per heavy atom. The van der Waals surface area contributed by atoms with Gasteiger partial charge in [0.15, 0.2) is 0 Å². The number of halogens is 1. The lowest BCUT2D eigenvalue weighted by Crippen LogP contribution is -2.36. The highest BCUT2D eigenvalue weighted by Crippen LogP contribution is 2.19. The Balaban J connectivity index is 3.01. The zero-order valence-corrected chi connectivity index (χ0v) is 10.7. The van der Waals surface area contributed by atoms with Crippen LogP contribution in [0.1, 0.15) is 24.2 Å². The van der Waals surface area contributed by atoms with Crippen LogP contribution in [0.3, 0.4) is 0 Å². The molecule has 0 bridgehead atoms. The SMILES string of the molecule is CN(CC(C)(C)O)c1cc(C(=O)O)cc(Cl)n1. The zero-order chi connectivity index (χ0) is 13.2. The zero-order valence-electron chi connectivity index (χ0n) is 9.94. The van der Waals surface area contributed by atoms with Crippen LogP contribution in [0.4, 0.5) is 5.82 Å². The van der Waals surface area contributed by atoms with Crippen molar-refractivity contribution in [2.45, 2.75) is 19.4 Å². The summed E-state index contributed by atoms with van der Waals surface area (Å²) in [4.78, 5) is 16.5. The number of hydrogen-bond acceptors (Lipinski definition) is 4. The second-order valence-corrected chi connectivity index (χ2v) is 4.90. The van der Waals surface area contributed by atoms with E-state index >= 15 is 0 Å². The minimum Gasteiger partial charge on any atom is -0.478 e. The maximum atomic E-state index is 10.9. The molecule has 0 radical (unpaired) electrons. The molecule has 1 aromatic rings. The first kappa shape index (κ1) is 13.7. The second kappa shape index (κ2) is 4.89. The van der Waals surface area contributed by atoms with Crippen molar-refractivity contribution in [3.63, 3.8) is 0 Å². The van der Waals surface area contributed by atoms with Gasteiger partial charge in [-0.3, -0.25) is 0 Å². The van der Waals surface area contributed by atoms with Gasteiger partial charge in [-0.25, -0.2) is 9.78 Å². The summed E-state index contributed by atoms with van der Waals surface area (Å²) >= 11 is 5.75. The molecular formula is C11H15ClN2O3. The number of aliphatic hydroxyl groups is 1. The molecule has 0 atom stereocenters. The molecule has 0 aliphatic heterocycles. The normalized spacial score (nSPS) is 11.4. The first-order chi connectivity index (χ1) is 7.69. The quantitative estimate of drug-likeness (QED) is 0.803. The van der Waals surface area contributed by atoms with Gasteiger partial charge in [0.25, 0.3) is 0 Å². The van der Waals surface area contributed by atoms with Crippen molar-refractivity contribution >= 4 is 23.4 Å². The van der Waals surface area contributed by atoms with Crippen molar-refractivity contribution in [3.05, 3.63) is 22.8 Å². The molecule has 0 saturated heterocycles. The molecule has 0 aliphatic rings. The molecule has 5 nitrogen and oxygen atoms in total. The average Bonchev–Trinajstić information content (AvgIpc) is 2.13.